The summed E-state index contributed by atoms with van der Waals surface area (Å²) < 4.78 is 10.4. The Morgan fingerprint density at radius 3 is 2.89 bits per heavy atom. The lowest BCUT2D eigenvalue weighted by atomic mass is 10.2. The van der Waals surface area contributed by atoms with E-state index in [0.717, 1.165) is 24.3 Å². The fourth-order valence-corrected chi connectivity index (χ4v) is 1.56. The second kappa shape index (κ2) is 9.35. The first kappa shape index (κ1) is 15.5. The van der Waals surface area contributed by atoms with Crippen LogP contribution in [-0.2, 0) is 9.53 Å². The van der Waals surface area contributed by atoms with E-state index in [-0.39, 0.29) is 5.91 Å². The molecule has 106 valence electrons. The average molecular weight is 266 g/mol. The van der Waals surface area contributed by atoms with E-state index in [4.69, 9.17) is 15.2 Å². The molecule has 1 rings (SSSR count). The number of unbranched alkanes of at least 4 members (excludes halogenated alkanes) is 1. The van der Waals surface area contributed by atoms with Crippen molar-refractivity contribution in [3.8, 4) is 5.75 Å². The summed E-state index contributed by atoms with van der Waals surface area (Å²) >= 11 is 0. The molecular weight excluding hydrogens is 244 g/mol. The molecule has 0 heterocycles. The summed E-state index contributed by atoms with van der Waals surface area (Å²) in [5.41, 5.74) is 6.13. The molecule has 0 saturated heterocycles. The Labute approximate surface area is 114 Å². The second-order valence-electron chi connectivity index (χ2n) is 4.16. The van der Waals surface area contributed by atoms with Crippen LogP contribution in [0.2, 0.25) is 0 Å². The molecule has 5 nitrogen and oxygen atoms in total. The summed E-state index contributed by atoms with van der Waals surface area (Å²) in [4.78, 5) is 11.6. The highest BCUT2D eigenvalue weighted by Crippen LogP contribution is 2.17. The van der Waals surface area contributed by atoms with Gasteiger partial charge in [-0.05, 0) is 31.5 Å². The van der Waals surface area contributed by atoms with Crippen molar-refractivity contribution in [2.45, 2.75) is 19.3 Å². The van der Waals surface area contributed by atoms with Crippen molar-refractivity contribution in [3.05, 3.63) is 24.3 Å². The third-order valence-electron chi connectivity index (χ3n) is 2.53. The molecule has 0 aromatic heterocycles. The van der Waals surface area contributed by atoms with Gasteiger partial charge in [-0.2, -0.15) is 0 Å². The summed E-state index contributed by atoms with van der Waals surface area (Å²) in [5, 5.41) is 2.84. The minimum atomic E-state index is 0.00231. The number of anilines is 1. The molecule has 5 heteroatoms. The summed E-state index contributed by atoms with van der Waals surface area (Å²) in [5.74, 6) is 0.722. The van der Waals surface area contributed by atoms with Crippen LogP contribution in [0.15, 0.2) is 24.3 Å². The van der Waals surface area contributed by atoms with Gasteiger partial charge in [0.25, 0.3) is 0 Å². The van der Waals surface area contributed by atoms with Crippen molar-refractivity contribution in [2.75, 3.05) is 32.2 Å². The van der Waals surface area contributed by atoms with Gasteiger partial charge < -0.3 is 20.5 Å². The molecule has 1 aromatic rings. The number of hydrogen-bond donors (Lipinski definition) is 2. The van der Waals surface area contributed by atoms with E-state index in [2.05, 4.69) is 5.32 Å². The summed E-state index contributed by atoms with van der Waals surface area (Å²) in [6, 6.07) is 7.33. The van der Waals surface area contributed by atoms with Gasteiger partial charge in [-0.1, -0.05) is 6.07 Å². The highest BCUT2D eigenvalue weighted by molar-refractivity contribution is 5.90. The third-order valence-corrected chi connectivity index (χ3v) is 2.53. The Kier molecular flexibility index (Phi) is 7.62. The molecule has 1 amide bonds. The fraction of sp³-hybridized carbons (Fsp3) is 0.500. The summed E-state index contributed by atoms with van der Waals surface area (Å²) in [6.45, 7) is 1.65. The van der Waals surface area contributed by atoms with Crippen LogP contribution in [0.4, 0.5) is 5.69 Å². The average Bonchev–Trinajstić information content (AvgIpc) is 2.40. The van der Waals surface area contributed by atoms with Gasteiger partial charge in [0.05, 0.1) is 6.61 Å². The van der Waals surface area contributed by atoms with E-state index in [1.165, 1.54) is 0 Å². The number of carbonyl (C=O) groups is 1. The van der Waals surface area contributed by atoms with Gasteiger partial charge >= 0.3 is 0 Å². The fourth-order valence-electron chi connectivity index (χ4n) is 1.56. The zero-order valence-electron chi connectivity index (χ0n) is 11.4. The Morgan fingerprint density at radius 1 is 1.32 bits per heavy atom. The van der Waals surface area contributed by atoms with Crippen LogP contribution in [0.5, 0.6) is 5.75 Å². The SMILES string of the molecule is COCCOc1cccc(NC(=O)CCCCN)c1. The lowest BCUT2D eigenvalue weighted by Gasteiger charge is -2.08. The van der Waals surface area contributed by atoms with E-state index in [1.807, 2.05) is 18.2 Å². The standard InChI is InChI=1S/C14H22N2O3/c1-18-9-10-19-13-6-4-5-12(11-13)16-14(17)7-2-3-8-15/h4-6,11H,2-3,7-10,15H2,1H3,(H,16,17). The Bertz CT molecular complexity index is 383. The van der Waals surface area contributed by atoms with Crippen LogP contribution in [-0.4, -0.2) is 32.8 Å². The zero-order chi connectivity index (χ0) is 13.9. The number of nitrogens with one attached hydrogen (secondary N) is 1. The van der Waals surface area contributed by atoms with Crippen LogP contribution in [0.25, 0.3) is 0 Å². The summed E-state index contributed by atoms with van der Waals surface area (Å²) in [7, 11) is 1.63. The molecule has 0 unspecified atom stereocenters. The molecule has 0 aliphatic rings. The number of ether oxygens (including phenoxy) is 2. The molecule has 3 N–H and O–H groups in total. The number of nitrogens with two attached hydrogens (primary N) is 1. The predicted molar refractivity (Wildman–Crippen MR) is 75.3 cm³/mol. The monoisotopic (exact) mass is 266 g/mol. The lowest BCUT2D eigenvalue weighted by molar-refractivity contribution is -0.116. The van der Waals surface area contributed by atoms with Crippen LogP contribution in [0, 0.1) is 0 Å². The predicted octanol–water partition coefficient (Wildman–Crippen LogP) is 1.78. The largest absolute Gasteiger partial charge is 0.491 e. The first-order valence-electron chi connectivity index (χ1n) is 6.48. The highest BCUT2D eigenvalue weighted by atomic mass is 16.5. The Morgan fingerprint density at radius 2 is 2.16 bits per heavy atom. The number of benzene rings is 1. The smallest absolute Gasteiger partial charge is 0.224 e. The van der Waals surface area contributed by atoms with Gasteiger partial charge in [0, 0.05) is 25.3 Å². The van der Waals surface area contributed by atoms with Gasteiger partial charge in [-0.15, -0.1) is 0 Å². The van der Waals surface area contributed by atoms with Gasteiger partial charge in [0.15, 0.2) is 0 Å². The van der Waals surface area contributed by atoms with Crippen LogP contribution < -0.4 is 15.8 Å². The normalized spacial score (nSPS) is 10.2. The summed E-state index contributed by atoms with van der Waals surface area (Å²) in [6.07, 6.45) is 2.17. The Hall–Kier alpha value is -1.59. The van der Waals surface area contributed by atoms with Crippen molar-refractivity contribution in [3.63, 3.8) is 0 Å². The van der Waals surface area contributed by atoms with Crippen LogP contribution in [0.3, 0.4) is 0 Å². The number of amides is 1. The molecule has 0 bridgehead atoms. The molecule has 19 heavy (non-hydrogen) atoms. The number of carbonyl (C=O) groups excluding carboxylic acids is 1. The number of hydrogen-bond acceptors (Lipinski definition) is 4. The van der Waals surface area contributed by atoms with E-state index in [0.29, 0.717) is 26.2 Å². The highest BCUT2D eigenvalue weighted by Gasteiger charge is 2.03. The third kappa shape index (κ3) is 6.79. The van der Waals surface area contributed by atoms with E-state index in [1.54, 1.807) is 13.2 Å². The molecule has 0 saturated carbocycles. The van der Waals surface area contributed by atoms with Gasteiger partial charge in [-0.25, -0.2) is 0 Å². The Balaban J connectivity index is 2.40. The molecule has 0 fully saturated rings. The number of rotatable bonds is 9. The van der Waals surface area contributed by atoms with Gasteiger partial charge in [0.1, 0.15) is 12.4 Å². The quantitative estimate of drug-likeness (QED) is 0.668. The maximum Gasteiger partial charge on any atom is 0.224 e. The topological polar surface area (TPSA) is 73.6 Å². The van der Waals surface area contributed by atoms with Crippen LogP contribution in [0.1, 0.15) is 19.3 Å². The first-order valence-corrected chi connectivity index (χ1v) is 6.48. The van der Waals surface area contributed by atoms with Crippen molar-refractivity contribution < 1.29 is 14.3 Å². The molecule has 1 aromatic carbocycles. The molecule has 0 radical (unpaired) electrons. The second-order valence-corrected chi connectivity index (χ2v) is 4.16. The van der Waals surface area contributed by atoms with Crippen LogP contribution >= 0.6 is 0 Å². The van der Waals surface area contributed by atoms with Crippen molar-refractivity contribution >= 4 is 11.6 Å². The minimum Gasteiger partial charge on any atom is -0.491 e. The first-order chi connectivity index (χ1) is 9.26. The zero-order valence-corrected chi connectivity index (χ0v) is 11.4. The van der Waals surface area contributed by atoms with Gasteiger partial charge in [0.2, 0.25) is 5.91 Å². The lowest BCUT2D eigenvalue weighted by Crippen LogP contribution is -2.12. The maximum absolute atomic E-state index is 11.6. The number of methoxy groups -OCH3 is 1. The molecule has 0 atom stereocenters. The van der Waals surface area contributed by atoms with E-state index < -0.39 is 0 Å². The molecule has 0 spiro atoms. The molecule has 0 aliphatic carbocycles. The van der Waals surface area contributed by atoms with Crippen molar-refractivity contribution in [1.82, 2.24) is 0 Å². The van der Waals surface area contributed by atoms with Gasteiger partial charge in [-0.3, -0.25) is 4.79 Å². The molecular formula is C14H22N2O3. The van der Waals surface area contributed by atoms with E-state index >= 15 is 0 Å². The van der Waals surface area contributed by atoms with Crippen molar-refractivity contribution in [1.29, 1.82) is 0 Å². The maximum atomic E-state index is 11.6. The molecule has 0 aliphatic heterocycles. The van der Waals surface area contributed by atoms with Crippen molar-refractivity contribution in [2.24, 2.45) is 5.73 Å². The van der Waals surface area contributed by atoms with E-state index in [9.17, 15) is 4.79 Å². The minimum absolute atomic E-state index is 0.00231.